The maximum Gasteiger partial charge on any atom is 0.270 e. The molecule has 2 atom stereocenters. The van der Waals surface area contributed by atoms with Crippen LogP contribution in [-0.2, 0) is 9.53 Å². The van der Waals surface area contributed by atoms with Gasteiger partial charge in [-0.2, -0.15) is 0 Å². The van der Waals surface area contributed by atoms with Gasteiger partial charge in [0.15, 0.2) is 5.82 Å². The number of alkyl halides is 2. The summed E-state index contributed by atoms with van der Waals surface area (Å²) in [6.07, 6.45) is 11.1. The van der Waals surface area contributed by atoms with Crippen LogP contribution >= 0.6 is 11.8 Å². The summed E-state index contributed by atoms with van der Waals surface area (Å²) >= 11 is 1.42. The third-order valence-corrected chi connectivity index (χ3v) is 8.43. The highest BCUT2D eigenvalue weighted by molar-refractivity contribution is 8.03. The number of thioether (sulfide) groups is 1. The van der Waals surface area contributed by atoms with E-state index < -0.39 is 5.92 Å². The first-order valence-electron chi connectivity index (χ1n) is 11.7. The highest BCUT2D eigenvalue weighted by Crippen LogP contribution is 2.45. The van der Waals surface area contributed by atoms with Gasteiger partial charge in [0.25, 0.3) is 5.92 Å². The number of hydrogen-bond acceptors (Lipinski definition) is 8. The molecule has 2 fully saturated rings. The lowest BCUT2D eigenvalue weighted by atomic mass is 9.74. The van der Waals surface area contributed by atoms with Crippen molar-refractivity contribution in [2.75, 3.05) is 23.7 Å². The van der Waals surface area contributed by atoms with E-state index in [1.165, 1.54) is 17.8 Å². The fourth-order valence-electron chi connectivity index (χ4n) is 5.25. The van der Waals surface area contributed by atoms with Gasteiger partial charge in [-0.1, -0.05) is 23.9 Å². The SMILES string of the molecule is Nc1nc(N2CCC3(CC2)CC(=O)C[C@@H]3N)cnc1SC1=COC(C2=CCC(F)(F)C=C2)CC1. The second kappa shape index (κ2) is 8.96. The molecule has 1 saturated carbocycles. The third kappa shape index (κ3) is 4.70. The van der Waals surface area contributed by atoms with Crippen LogP contribution < -0.4 is 16.4 Å². The van der Waals surface area contributed by atoms with Crippen molar-refractivity contribution in [3.8, 4) is 0 Å². The van der Waals surface area contributed by atoms with Crippen molar-refractivity contribution in [3.63, 3.8) is 0 Å². The van der Waals surface area contributed by atoms with E-state index in [1.807, 2.05) is 0 Å². The summed E-state index contributed by atoms with van der Waals surface area (Å²) in [4.78, 5) is 24.1. The average Bonchev–Trinajstić information content (AvgIpc) is 3.08. The van der Waals surface area contributed by atoms with E-state index in [0.29, 0.717) is 30.1 Å². The van der Waals surface area contributed by atoms with Crippen LogP contribution in [0.2, 0.25) is 0 Å². The number of nitrogen functional groups attached to an aromatic ring is 1. The average molecular weight is 490 g/mol. The molecule has 1 spiro atoms. The van der Waals surface area contributed by atoms with Gasteiger partial charge in [0, 0.05) is 43.3 Å². The summed E-state index contributed by atoms with van der Waals surface area (Å²) in [5, 5.41) is 0.616. The van der Waals surface area contributed by atoms with Crippen LogP contribution in [0.25, 0.3) is 0 Å². The first-order valence-corrected chi connectivity index (χ1v) is 12.5. The molecule has 7 nitrogen and oxygen atoms in total. The minimum atomic E-state index is -2.77. The van der Waals surface area contributed by atoms with Crippen LogP contribution in [0.3, 0.4) is 0 Å². The van der Waals surface area contributed by atoms with Gasteiger partial charge >= 0.3 is 0 Å². The van der Waals surface area contributed by atoms with Gasteiger partial charge in [-0.05, 0) is 42.7 Å². The van der Waals surface area contributed by atoms with Crippen molar-refractivity contribution in [2.45, 2.75) is 68.0 Å². The van der Waals surface area contributed by atoms with E-state index in [4.69, 9.17) is 16.2 Å². The highest BCUT2D eigenvalue weighted by atomic mass is 32.2. The predicted octanol–water partition coefficient (Wildman–Crippen LogP) is 3.97. The molecule has 0 amide bonds. The number of carbonyl (C=O) groups excluding carboxylic acids is 1. The van der Waals surface area contributed by atoms with E-state index in [2.05, 4.69) is 14.9 Å². The largest absolute Gasteiger partial charge is 0.493 e. The van der Waals surface area contributed by atoms with Gasteiger partial charge in [-0.3, -0.25) is 4.79 Å². The second-order valence-electron chi connectivity index (χ2n) is 9.65. The molecule has 1 unspecified atom stereocenters. The fourth-order valence-corrected chi connectivity index (χ4v) is 6.08. The summed E-state index contributed by atoms with van der Waals surface area (Å²) in [5.74, 6) is -1.41. The molecule has 1 aromatic heterocycles. The fraction of sp³-hybridized carbons (Fsp3) is 0.542. The van der Waals surface area contributed by atoms with Crippen LogP contribution in [0.4, 0.5) is 20.4 Å². The number of nitrogens with zero attached hydrogens (tertiary/aromatic N) is 3. The summed E-state index contributed by atoms with van der Waals surface area (Å²) < 4.78 is 32.4. The number of ketones is 1. The Morgan fingerprint density at radius 3 is 2.65 bits per heavy atom. The maximum absolute atomic E-state index is 13.3. The smallest absolute Gasteiger partial charge is 0.270 e. The molecule has 2 aliphatic heterocycles. The molecule has 4 N–H and O–H groups in total. The number of rotatable bonds is 4. The first kappa shape index (κ1) is 23.3. The van der Waals surface area contributed by atoms with Crippen molar-refractivity contribution in [1.29, 1.82) is 0 Å². The predicted molar refractivity (Wildman–Crippen MR) is 127 cm³/mol. The van der Waals surface area contributed by atoms with Crippen LogP contribution in [0.5, 0.6) is 0 Å². The van der Waals surface area contributed by atoms with Crippen molar-refractivity contribution < 1.29 is 18.3 Å². The zero-order valence-corrected chi connectivity index (χ0v) is 19.7. The van der Waals surface area contributed by atoms with Crippen molar-refractivity contribution in [3.05, 3.63) is 41.2 Å². The number of anilines is 2. The van der Waals surface area contributed by atoms with E-state index >= 15 is 0 Å². The second-order valence-corrected chi connectivity index (χ2v) is 10.8. The highest BCUT2D eigenvalue weighted by Gasteiger charge is 2.46. The Kier molecular flexibility index (Phi) is 6.14. The molecule has 10 heteroatoms. The topological polar surface area (TPSA) is 107 Å². The molecule has 0 aromatic carbocycles. The van der Waals surface area contributed by atoms with E-state index in [1.54, 1.807) is 18.5 Å². The monoisotopic (exact) mass is 489 g/mol. The molecule has 3 heterocycles. The zero-order chi connectivity index (χ0) is 23.9. The Bertz CT molecular complexity index is 1070. The normalized spacial score (nSPS) is 28.0. The molecule has 0 bridgehead atoms. The van der Waals surface area contributed by atoms with Crippen LogP contribution in [0, 0.1) is 5.41 Å². The Morgan fingerprint density at radius 1 is 1.26 bits per heavy atom. The Balaban J connectivity index is 1.18. The minimum Gasteiger partial charge on any atom is -0.493 e. The van der Waals surface area contributed by atoms with E-state index in [0.717, 1.165) is 54.7 Å². The number of aromatic nitrogens is 2. The molecule has 1 aromatic rings. The molecule has 2 aliphatic carbocycles. The van der Waals surface area contributed by atoms with E-state index in [9.17, 15) is 13.6 Å². The molecular weight excluding hydrogens is 460 g/mol. The minimum absolute atomic E-state index is 0.0472. The van der Waals surface area contributed by atoms with Gasteiger partial charge in [-0.15, -0.1) is 0 Å². The van der Waals surface area contributed by atoms with Crippen LogP contribution in [-0.4, -0.2) is 46.9 Å². The summed E-state index contributed by atoms with van der Waals surface area (Å²) in [7, 11) is 0. The zero-order valence-electron chi connectivity index (χ0n) is 18.9. The van der Waals surface area contributed by atoms with Crippen molar-refractivity contribution in [2.24, 2.45) is 11.1 Å². The first-order chi connectivity index (χ1) is 16.2. The van der Waals surface area contributed by atoms with Gasteiger partial charge in [0.2, 0.25) is 0 Å². The number of halogens is 2. The Morgan fingerprint density at radius 2 is 2.06 bits per heavy atom. The molecule has 5 rings (SSSR count). The number of nitrogens with two attached hydrogens (primary N) is 2. The van der Waals surface area contributed by atoms with E-state index in [-0.39, 0.29) is 29.8 Å². The lowest BCUT2D eigenvalue weighted by Crippen LogP contribution is -2.47. The molecule has 1 saturated heterocycles. The number of hydrogen-bond donors (Lipinski definition) is 2. The number of carbonyl (C=O) groups is 1. The van der Waals surface area contributed by atoms with Crippen molar-refractivity contribution >= 4 is 29.2 Å². The van der Waals surface area contributed by atoms with Crippen LogP contribution in [0.1, 0.15) is 44.9 Å². The lowest BCUT2D eigenvalue weighted by molar-refractivity contribution is -0.118. The van der Waals surface area contributed by atoms with Crippen LogP contribution in [0.15, 0.2) is 46.2 Å². The lowest BCUT2D eigenvalue weighted by Gasteiger charge is -2.41. The molecule has 34 heavy (non-hydrogen) atoms. The molecular formula is C24H29F2N5O2S. The quantitative estimate of drug-likeness (QED) is 0.654. The Hall–Kier alpha value is -2.46. The van der Waals surface area contributed by atoms with Crippen molar-refractivity contribution in [1.82, 2.24) is 9.97 Å². The molecule has 0 radical (unpaired) electrons. The number of ether oxygens (including phenoxy) is 1. The Labute approximate surface area is 201 Å². The maximum atomic E-state index is 13.3. The molecule has 4 aliphatic rings. The van der Waals surface area contributed by atoms with Gasteiger partial charge in [-0.25, -0.2) is 18.7 Å². The number of piperidine rings is 1. The number of allylic oxidation sites excluding steroid dienone is 3. The summed E-state index contributed by atoms with van der Waals surface area (Å²) in [6, 6.07) is -0.0472. The summed E-state index contributed by atoms with van der Waals surface area (Å²) in [5.41, 5.74) is 13.2. The third-order valence-electron chi connectivity index (χ3n) is 7.36. The standard InChI is InChI=1S/C24H29F2N5O2S/c25-24(26)5-3-15(4-6-24)18-2-1-17(14-33-18)34-22-21(28)30-20(13-29-22)31-9-7-23(8-10-31)12-16(32)11-19(23)27/h3-5,13-14,18-19H,1-2,6-12,27H2,(H2,28,30)/t18?,19-/m0/s1. The summed E-state index contributed by atoms with van der Waals surface area (Å²) in [6.45, 7) is 1.55. The van der Waals surface area contributed by atoms with Gasteiger partial charge in [0.1, 0.15) is 22.7 Å². The van der Waals surface area contributed by atoms with Gasteiger partial charge < -0.3 is 21.1 Å². The molecule has 182 valence electrons. The number of Topliss-reactive ketones (excluding diaryl/α,β-unsaturated/α-hetero) is 1. The van der Waals surface area contributed by atoms with Gasteiger partial charge in [0.05, 0.1) is 12.5 Å².